The van der Waals surface area contributed by atoms with Crippen LogP contribution in [0.2, 0.25) is 0 Å². The fraction of sp³-hybridized carbons (Fsp3) is 0.417. The van der Waals surface area contributed by atoms with Crippen LogP contribution in [-0.2, 0) is 4.79 Å². The molecule has 1 aromatic carbocycles. The van der Waals surface area contributed by atoms with Gasteiger partial charge in [0.25, 0.3) is 0 Å². The van der Waals surface area contributed by atoms with Crippen LogP contribution in [0.4, 0.5) is 5.82 Å². The van der Waals surface area contributed by atoms with Gasteiger partial charge in [-0.15, -0.1) is 0 Å². The van der Waals surface area contributed by atoms with Crippen molar-refractivity contribution < 1.29 is 14.3 Å². The van der Waals surface area contributed by atoms with Crippen molar-refractivity contribution in [1.29, 1.82) is 0 Å². The molecule has 3 rings (SSSR count). The average molecular weight is 425 g/mol. The fourth-order valence-corrected chi connectivity index (χ4v) is 3.66. The number of aromatic nitrogens is 1. The molecular weight excluding hydrogens is 392 g/mol. The second-order valence-electron chi connectivity index (χ2n) is 7.56. The van der Waals surface area contributed by atoms with Gasteiger partial charge in [-0.2, -0.15) is 0 Å². The summed E-state index contributed by atoms with van der Waals surface area (Å²) < 4.78 is 10.9. The molecular formula is C24H32N4O3. The number of amides is 1. The van der Waals surface area contributed by atoms with Crippen molar-refractivity contribution in [2.45, 2.75) is 19.9 Å². The maximum absolute atomic E-state index is 12.4. The third-order valence-corrected chi connectivity index (χ3v) is 5.18. The van der Waals surface area contributed by atoms with Gasteiger partial charge in [0, 0.05) is 51.0 Å². The summed E-state index contributed by atoms with van der Waals surface area (Å²) in [5.41, 5.74) is 0.887. The lowest BCUT2D eigenvalue weighted by Crippen LogP contribution is -2.50. The molecule has 7 nitrogen and oxygen atoms in total. The molecule has 31 heavy (non-hydrogen) atoms. The first-order chi connectivity index (χ1) is 15.1. The largest absolute Gasteiger partial charge is 0.493 e. The van der Waals surface area contributed by atoms with Gasteiger partial charge < -0.3 is 19.7 Å². The second kappa shape index (κ2) is 11.4. The summed E-state index contributed by atoms with van der Waals surface area (Å²) in [5.74, 6) is 2.28. The van der Waals surface area contributed by atoms with Gasteiger partial charge >= 0.3 is 0 Å². The Hall–Kier alpha value is -3.06. The van der Waals surface area contributed by atoms with E-state index in [1.54, 1.807) is 19.3 Å². The van der Waals surface area contributed by atoms with Crippen LogP contribution >= 0.6 is 0 Å². The van der Waals surface area contributed by atoms with Crippen LogP contribution in [0.1, 0.15) is 19.4 Å². The molecule has 1 saturated heterocycles. The van der Waals surface area contributed by atoms with Crippen LogP contribution in [0.15, 0.2) is 48.7 Å². The third-order valence-electron chi connectivity index (χ3n) is 5.18. The lowest BCUT2D eigenvalue weighted by Gasteiger charge is -2.36. The highest BCUT2D eigenvalue weighted by molar-refractivity contribution is 5.92. The molecule has 0 spiro atoms. The topological polar surface area (TPSA) is 66.9 Å². The van der Waals surface area contributed by atoms with Crippen LogP contribution in [0.3, 0.4) is 0 Å². The van der Waals surface area contributed by atoms with E-state index in [-0.39, 0.29) is 11.9 Å². The van der Waals surface area contributed by atoms with E-state index < -0.39 is 0 Å². The third kappa shape index (κ3) is 6.72. The summed E-state index contributed by atoms with van der Waals surface area (Å²) >= 11 is 0. The molecule has 166 valence electrons. The minimum Gasteiger partial charge on any atom is -0.493 e. The molecule has 1 atom stereocenters. The average Bonchev–Trinajstić information content (AvgIpc) is 2.79. The Bertz CT molecular complexity index is 864. The minimum atomic E-state index is -0.103. The first-order valence-corrected chi connectivity index (χ1v) is 10.8. The Labute approximate surface area is 184 Å². The molecule has 1 fully saturated rings. The van der Waals surface area contributed by atoms with Crippen LogP contribution in [0.5, 0.6) is 11.5 Å². The number of ether oxygens (including phenoxy) is 2. The van der Waals surface area contributed by atoms with Gasteiger partial charge in [-0.1, -0.05) is 12.1 Å². The van der Waals surface area contributed by atoms with Gasteiger partial charge in [0.05, 0.1) is 13.7 Å². The van der Waals surface area contributed by atoms with Crippen LogP contribution in [0.25, 0.3) is 6.08 Å². The predicted molar refractivity (Wildman–Crippen MR) is 124 cm³/mol. The Morgan fingerprint density at radius 2 is 2.00 bits per heavy atom. The molecule has 0 aliphatic carbocycles. The summed E-state index contributed by atoms with van der Waals surface area (Å²) in [6.45, 7) is 9.14. The summed E-state index contributed by atoms with van der Waals surface area (Å²) in [4.78, 5) is 21.5. The smallest absolute Gasteiger partial charge is 0.244 e. The number of hydrogen-bond acceptors (Lipinski definition) is 6. The summed E-state index contributed by atoms with van der Waals surface area (Å²) in [5, 5.41) is 3.05. The van der Waals surface area contributed by atoms with Crippen molar-refractivity contribution in [3.63, 3.8) is 0 Å². The lowest BCUT2D eigenvalue weighted by atomic mass is 10.2. The molecule has 0 saturated carbocycles. The van der Waals surface area contributed by atoms with Gasteiger partial charge in [-0.05, 0) is 49.8 Å². The van der Waals surface area contributed by atoms with Crippen molar-refractivity contribution in [3.05, 3.63) is 54.2 Å². The highest BCUT2D eigenvalue weighted by Gasteiger charge is 2.19. The molecule has 1 amide bonds. The Balaban J connectivity index is 1.45. The molecule has 7 heteroatoms. The molecule has 1 N–H and O–H groups in total. The zero-order chi connectivity index (χ0) is 22.1. The standard InChI is InChI=1S/C24H32N4O3/c1-4-31-22-17-20(8-10-21(22)30-3)9-11-24(29)26-19(2)18-27-13-15-28(16-14-27)23-7-5-6-12-25-23/h5-12,17,19H,4,13-16,18H2,1-3H3,(H,26,29)/b11-9+. The van der Waals surface area contributed by atoms with Gasteiger partial charge in [-0.25, -0.2) is 4.98 Å². The second-order valence-corrected chi connectivity index (χ2v) is 7.56. The van der Waals surface area contributed by atoms with Crippen LogP contribution < -0.4 is 19.7 Å². The minimum absolute atomic E-state index is 0.0633. The zero-order valence-electron chi connectivity index (χ0n) is 18.6. The summed E-state index contributed by atoms with van der Waals surface area (Å²) in [6, 6.07) is 11.7. The molecule has 1 unspecified atom stereocenters. The number of piperazine rings is 1. The summed E-state index contributed by atoms with van der Waals surface area (Å²) in [6.07, 6.45) is 5.18. The van der Waals surface area contributed by atoms with Crippen LogP contribution in [0, 0.1) is 0 Å². The fourth-order valence-electron chi connectivity index (χ4n) is 3.66. The maximum atomic E-state index is 12.4. The zero-order valence-corrected chi connectivity index (χ0v) is 18.6. The van der Waals surface area contributed by atoms with Crippen molar-refractivity contribution in [2.24, 2.45) is 0 Å². The Kier molecular flexibility index (Phi) is 8.29. The van der Waals surface area contributed by atoms with Crippen LogP contribution in [-0.4, -0.2) is 68.3 Å². The number of methoxy groups -OCH3 is 1. The van der Waals surface area contributed by atoms with Gasteiger partial charge in [0.1, 0.15) is 5.82 Å². The maximum Gasteiger partial charge on any atom is 0.244 e. The first kappa shape index (κ1) is 22.6. The number of nitrogens with one attached hydrogen (secondary N) is 1. The molecule has 1 aromatic heterocycles. The molecule has 0 bridgehead atoms. The predicted octanol–water partition coefficient (Wildman–Crippen LogP) is 2.83. The number of carbonyl (C=O) groups excluding carboxylic acids is 1. The van der Waals surface area contributed by atoms with Crippen molar-refractivity contribution in [1.82, 2.24) is 15.2 Å². The molecule has 1 aliphatic rings. The first-order valence-electron chi connectivity index (χ1n) is 10.8. The SMILES string of the molecule is CCOc1cc(/C=C/C(=O)NC(C)CN2CCN(c3ccccn3)CC2)ccc1OC. The van der Waals surface area contributed by atoms with E-state index in [1.807, 2.05) is 56.4 Å². The Morgan fingerprint density at radius 3 is 2.68 bits per heavy atom. The highest BCUT2D eigenvalue weighted by atomic mass is 16.5. The van der Waals surface area contributed by atoms with E-state index in [0.717, 1.165) is 44.1 Å². The van der Waals surface area contributed by atoms with E-state index in [0.29, 0.717) is 18.1 Å². The quantitative estimate of drug-likeness (QED) is 0.625. The number of nitrogens with zero attached hydrogens (tertiary/aromatic N) is 3. The number of rotatable bonds is 9. The van der Waals surface area contributed by atoms with E-state index in [4.69, 9.17) is 9.47 Å². The number of anilines is 1. The number of benzene rings is 1. The number of carbonyl (C=O) groups is 1. The van der Waals surface area contributed by atoms with E-state index in [1.165, 1.54) is 0 Å². The number of pyridine rings is 1. The van der Waals surface area contributed by atoms with E-state index in [9.17, 15) is 4.79 Å². The normalized spacial score (nSPS) is 15.6. The lowest BCUT2D eigenvalue weighted by molar-refractivity contribution is -0.117. The molecule has 2 heterocycles. The number of hydrogen-bond donors (Lipinski definition) is 1. The van der Waals surface area contributed by atoms with Crippen molar-refractivity contribution in [3.8, 4) is 11.5 Å². The van der Waals surface area contributed by atoms with Crippen molar-refractivity contribution in [2.75, 3.05) is 51.3 Å². The molecule has 0 radical (unpaired) electrons. The molecule has 1 aliphatic heterocycles. The van der Waals surface area contributed by atoms with E-state index in [2.05, 4.69) is 20.1 Å². The van der Waals surface area contributed by atoms with Crippen molar-refractivity contribution >= 4 is 17.8 Å². The highest BCUT2D eigenvalue weighted by Crippen LogP contribution is 2.28. The van der Waals surface area contributed by atoms with Gasteiger partial charge in [0.2, 0.25) is 5.91 Å². The van der Waals surface area contributed by atoms with E-state index >= 15 is 0 Å². The van der Waals surface area contributed by atoms with Gasteiger partial charge in [0.15, 0.2) is 11.5 Å². The monoisotopic (exact) mass is 424 g/mol. The molecule has 2 aromatic rings. The van der Waals surface area contributed by atoms with Gasteiger partial charge in [-0.3, -0.25) is 9.69 Å². The summed E-state index contributed by atoms with van der Waals surface area (Å²) in [7, 11) is 1.61. The Morgan fingerprint density at radius 1 is 1.19 bits per heavy atom.